The molecular weight excluding hydrogens is 300 g/mol. The van der Waals surface area contributed by atoms with E-state index in [4.69, 9.17) is 0 Å². The first-order valence-corrected chi connectivity index (χ1v) is 8.60. The van der Waals surface area contributed by atoms with E-state index in [1.807, 2.05) is 17.0 Å². The highest BCUT2D eigenvalue weighted by molar-refractivity contribution is 5.93. The molecule has 0 bridgehead atoms. The van der Waals surface area contributed by atoms with E-state index in [0.717, 1.165) is 31.6 Å². The standard InChI is InChI=1S/C19H24N4O/c1-14-8-7-9-17(15(14)2)22-19-20-12-16(13-21-19)18(24)23-10-5-3-4-6-11-23/h7-9,12-13H,3-6,10-11H2,1-2H3,(H,20,21,22). The quantitative estimate of drug-likeness (QED) is 0.931. The fourth-order valence-electron chi connectivity index (χ4n) is 2.97. The van der Waals surface area contributed by atoms with Crippen LogP contribution in [0.5, 0.6) is 0 Å². The van der Waals surface area contributed by atoms with E-state index in [1.165, 1.54) is 24.0 Å². The Bertz CT molecular complexity index is 704. The van der Waals surface area contributed by atoms with Gasteiger partial charge in [0.25, 0.3) is 5.91 Å². The smallest absolute Gasteiger partial charge is 0.256 e. The molecular formula is C19H24N4O. The molecule has 0 spiro atoms. The number of rotatable bonds is 3. The van der Waals surface area contributed by atoms with Gasteiger partial charge in [-0.1, -0.05) is 25.0 Å². The third kappa shape index (κ3) is 3.72. The van der Waals surface area contributed by atoms with Crippen LogP contribution in [-0.2, 0) is 0 Å². The van der Waals surface area contributed by atoms with Crippen molar-refractivity contribution in [2.45, 2.75) is 39.5 Å². The van der Waals surface area contributed by atoms with Crippen molar-refractivity contribution in [2.75, 3.05) is 18.4 Å². The van der Waals surface area contributed by atoms with Crippen molar-refractivity contribution in [1.29, 1.82) is 0 Å². The van der Waals surface area contributed by atoms with Crippen LogP contribution in [0.2, 0.25) is 0 Å². The molecule has 1 fully saturated rings. The lowest BCUT2D eigenvalue weighted by molar-refractivity contribution is 0.0761. The average molecular weight is 324 g/mol. The van der Waals surface area contributed by atoms with Crippen molar-refractivity contribution in [1.82, 2.24) is 14.9 Å². The number of hydrogen-bond acceptors (Lipinski definition) is 4. The van der Waals surface area contributed by atoms with Gasteiger partial charge in [-0.2, -0.15) is 0 Å². The van der Waals surface area contributed by atoms with Crippen LogP contribution in [0.25, 0.3) is 0 Å². The van der Waals surface area contributed by atoms with Gasteiger partial charge in [0.15, 0.2) is 0 Å². The highest BCUT2D eigenvalue weighted by atomic mass is 16.2. The molecule has 1 aromatic carbocycles. The minimum atomic E-state index is 0.0372. The molecule has 1 aromatic heterocycles. The van der Waals surface area contributed by atoms with Gasteiger partial charge in [-0.05, 0) is 43.9 Å². The summed E-state index contributed by atoms with van der Waals surface area (Å²) in [5.41, 5.74) is 3.93. The van der Waals surface area contributed by atoms with E-state index in [-0.39, 0.29) is 5.91 Å². The molecule has 0 aliphatic carbocycles. The monoisotopic (exact) mass is 324 g/mol. The molecule has 24 heavy (non-hydrogen) atoms. The summed E-state index contributed by atoms with van der Waals surface area (Å²) in [4.78, 5) is 23.1. The Labute approximate surface area is 143 Å². The molecule has 1 N–H and O–H groups in total. The van der Waals surface area contributed by atoms with Crippen LogP contribution in [-0.4, -0.2) is 33.9 Å². The molecule has 2 heterocycles. The van der Waals surface area contributed by atoms with E-state index < -0.39 is 0 Å². The Hall–Kier alpha value is -2.43. The molecule has 0 atom stereocenters. The summed E-state index contributed by atoms with van der Waals surface area (Å²) in [6.07, 6.45) is 7.82. The predicted octanol–water partition coefficient (Wildman–Crippen LogP) is 3.85. The van der Waals surface area contributed by atoms with Crippen LogP contribution in [0.3, 0.4) is 0 Å². The summed E-state index contributed by atoms with van der Waals surface area (Å²) in [5, 5.41) is 3.22. The van der Waals surface area contributed by atoms with Crippen LogP contribution >= 0.6 is 0 Å². The van der Waals surface area contributed by atoms with E-state index in [1.54, 1.807) is 12.4 Å². The van der Waals surface area contributed by atoms with E-state index in [0.29, 0.717) is 11.5 Å². The van der Waals surface area contributed by atoms with Gasteiger partial charge < -0.3 is 10.2 Å². The molecule has 1 aliphatic rings. The van der Waals surface area contributed by atoms with Crippen molar-refractivity contribution in [3.63, 3.8) is 0 Å². The van der Waals surface area contributed by atoms with Crippen molar-refractivity contribution >= 4 is 17.5 Å². The number of hydrogen-bond donors (Lipinski definition) is 1. The number of carbonyl (C=O) groups is 1. The predicted molar refractivity (Wildman–Crippen MR) is 95.6 cm³/mol. The highest BCUT2D eigenvalue weighted by Gasteiger charge is 2.18. The van der Waals surface area contributed by atoms with Gasteiger partial charge in [0, 0.05) is 31.2 Å². The van der Waals surface area contributed by atoms with Crippen molar-refractivity contribution < 1.29 is 4.79 Å². The second-order valence-electron chi connectivity index (χ2n) is 6.37. The second kappa shape index (κ2) is 7.43. The first-order valence-electron chi connectivity index (χ1n) is 8.60. The lowest BCUT2D eigenvalue weighted by Gasteiger charge is -2.20. The molecule has 1 saturated heterocycles. The van der Waals surface area contributed by atoms with Gasteiger partial charge >= 0.3 is 0 Å². The largest absolute Gasteiger partial charge is 0.339 e. The highest BCUT2D eigenvalue weighted by Crippen LogP contribution is 2.21. The second-order valence-corrected chi connectivity index (χ2v) is 6.37. The zero-order chi connectivity index (χ0) is 16.9. The molecule has 0 unspecified atom stereocenters. The molecule has 126 valence electrons. The van der Waals surface area contributed by atoms with Gasteiger partial charge in [0.2, 0.25) is 5.95 Å². The molecule has 5 nitrogen and oxygen atoms in total. The van der Waals surface area contributed by atoms with Crippen molar-refractivity contribution in [3.05, 3.63) is 47.3 Å². The number of amides is 1. The Morgan fingerprint density at radius 3 is 2.38 bits per heavy atom. The van der Waals surface area contributed by atoms with Gasteiger partial charge in [0.1, 0.15) is 0 Å². The Morgan fingerprint density at radius 1 is 1.04 bits per heavy atom. The molecule has 3 rings (SSSR count). The minimum Gasteiger partial charge on any atom is -0.339 e. The maximum atomic E-state index is 12.5. The Morgan fingerprint density at radius 2 is 1.71 bits per heavy atom. The summed E-state index contributed by atoms with van der Waals surface area (Å²) in [6, 6.07) is 6.08. The maximum absolute atomic E-state index is 12.5. The Balaban J connectivity index is 1.71. The zero-order valence-corrected chi connectivity index (χ0v) is 14.4. The fraction of sp³-hybridized carbons (Fsp3) is 0.421. The topological polar surface area (TPSA) is 58.1 Å². The van der Waals surface area contributed by atoms with E-state index >= 15 is 0 Å². The molecule has 1 aliphatic heterocycles. The summed E-state index contributed by atoms with van der Waals surface area (Å²) in [7, 11) is 0. The van der Waals surface area contributed by atoms with Gasteiger partial charge in [0.05, 0.1) is 5.56 Å². The van der Waals surface area contributed by atoms with Crippen LogP contribution in [0.1, 0.15) is 47.2 Å². The van der Waals surface area contributed by atoms with E-state index in [2.05, 4.69) is 35.2 Å². The molecule has 5 heteroatoms. The zero-order valence-electron chi connectivity index (χ0n) is 14.4. The van der Waals surface area contributed by atoms with Gasteiger partial charge in [-0.3, -0.25) is 4.79 Å². The van der Waals surface area contributed by atoms with Crippen LogP contribution in [0, 0.1) is 13.8 Å². The third-order valence-electron chi connectivity index (χ3n) is 4.64. The number of nitrogens with zero attached hydrogens (tertiary/aromatic N) is 3. The lowest BCUT2D eigenvalue weighted by atomic mass is 10.1. The minimum absolute atomic E-state index is 0.0372. The molecule has 0 saturated carbocycles. The molecule has 1 amide bonds. The third-order valence-corrected chi connectivity index (χ3v) is 4.64. The van der Waals surface area contributed by atoms with E-state index in [9.17, 15) is 4.79 Å². The number of anilines is 2. The molecule has 0 radical (unpaired) electrons. The number of benzene rings is 1. The van der Waals surface area contributed by atoms with Crippen molar-refractivity contribution in [3.8, 4) is 0 Å². The summed E-state index contributed by atoms with van der Waals surface area (Å²) >= 11 is 0. The maximum Gasteiger partial charge on any atom is 0.256 e. The van der Waals surface area contributed by atoms with Crippen LogP contribution in [0.15, 0.2) is 30.6 Å². The lowest BCUT2D eigenvalue weighted by Crippen LogP contribution is -2.32. The first-order chi connectivity index (χ1) is 11.6. The van der Waals surface area contributed by atoms with Gasteiger partial charge in [-0.25, -0.2) is 9.97 Å². The van der Waals surface area contributed by atoms with Gasteiger partial charge in [-0.15, -0.1) is 0 Å². The number of carbonyl (C=O) groups excluding carboxylic acids is 1. The Kier molecular flexibility index (Phi) is 5.08. The SMILES string of the molecule is Cc1cccc(Nc2ncc(C(=O)N3CCCCCC3)cn2)c1C. The summed E-state index contributed by atoms with van der Waals surface area (Å²) in [5.74, 6) is 0.548. The average Bonchev–Trinajstić information content (AvgIpc) is 2.88. The number of nitrogens with one attached hydrogen (secondary N) is 1. The van der Waals surface area contributed by atoms with Crippen LogP contribution in [0.4, 0.5) is 11.6 Å². The van der Waals surface area contributed by atoms with Crippen LogP contribution < -0.4 is 5.32 Å². The molecule has 2 aromatic rings. The number of likely N-dealkylation sites (tertiary alicyclic amines) is 1. The summed E-state index contributed by atoms with van der Waals surface area (Å²) in [6.45, 7) is 5.81. The summed E-state index contributed by atoms with van der Waals surface area (Å²) < 4.78 is 0. The number of aromatic nitrogens is 2. The fourth-order valence-corrected chi connectivity index (χ4v) is 2.97. The normalized spacial score (nSPS) is 15.0. The first kappa shape index (κ1) is 16.4. The van der Waals surface area contributed by atoms with Crippen molar-refractivity contribution in [2.24, 2.45) is 0 Å². The number of aryl methyl sites for hydroxylation is 1.